The van der Waals surface area contributed by atoms with E-state index in [-0.39, 0.29) is 18.4 Å². The standard InChI is InChI=1S/C14H25N5O3S/c1-11-13(16-10-15-11)9-18-5-6-19(23(4,21)22)8-12(7-18)14(20)17(2)3/h10,12H,5-9H2,1-4H3,(H,15,16)/t12-/m1/s1. The van der Waals surface area contributed by atoms with E-state index in [0.717, 1.165) is 11.4 Å². The van der Waals surface area contributed by atoms with Crippen LogP contribution in [-0.2, 0) is 21.4 Å². The topological polar surface area (TPSA) is 89.6 Å². The van der Waals surface area contributed by atoms with Gasteiger partial charge in [0.1, 0.15) is 0 Å². The van der Waals surface area contributed by atoms with E-state index in [1.807, 2.05) is 6.92 Å². The highest BCUT2D eigenvalue weighted by atomic mass is 32.2. The predicted molar refractivity (Wildman–Crippen MR) is 87.2 cm³/mol. The molecule has 9 heteroatoms. The average molecular weight is 343 g/mol. The van der Waals surface area contributed by atoms with Gasteiger partial charge in [-0.2, -0.15) is 0 Å². The fraction of sp³-hybridized carbons (Fsp3) is 0.714. The molecule has 1 aromatic heterocycles. The molecule has 0 aromatic carbocycles. The van der Waals surface area contributed by atoms with Gasteiger partial charge in [-0.25, -0.2) is 17.7 Å². The Bertz CT molecular complexity index is 655. The lowest BCUT2D eigenvalue weighted by molar-refractivity contribution is -0.133. The highest BCUT2D eigenvalue weighted by Crippen LogP contribution is 2.16. The molecule has 0 unspecified atom stereocenters. The molecule has 0 spiro atoms. The van der Waals surface area contributed by atoms with Crippen LogP contribution >= 0.6 is 0 Å². The molecule has 2 rings (SSSR count). The van der Waals surface area contributed by atoms with Crippen molar-refractivity contribution in [1.82, 2.24) is 24.1 Å². The molecule has 0 aliphatic carbocycles. The van der Waals surface area contributed by atoms with Crippen molar-refractivity contribution >= 4 is 15.9 Å². The summed E-state index contributed by atoms with van der Waals surface area (Å²) >= 11 is 0. The highest BCUT2D eigenvalue weighted by Gasteiger charge is 2.32. The molecule has 8 nitrogen and oxygen atoms in total. The number of hydrogen-bond acceptors (Lipinski definition) is 5. The first kappa shape index (κ1) is 17.9. The van der Waals surface area contributed by atoms with Crippen LogP contribution in [-0.4, -0.2) is 84.9 Å². The van der Waals surface area contributed by atoms with Gasteiger partial charge in [0.15, 0.2) is 0 Å². The van der Waals surface area contributed by atoms with Crippen LogP contribution in [0.25, 0.3) is 0 Å². The summed E-state index contributed by atoms with van der Waals surface area (Å²) in [4.78, 5) is 23.3. The van der Waals surface area contributed by atoms with Gasteiger partial charge in [0.25, 0.3) is 0 Å². The van der Waals surface area contributed by atoms with Gasteiger partial charge in [0.05, 0.1) is 24.2 Å². The van der Waals surface area contributed by atoms with Crippen LogP contribution in [0.4, 0.5) is 0 Å². The molecule has 1 atom stereocenters. The van der Waals surface area contributed by atoms with E-state index in [0.29, 0.717) is 26.2 Å². The number of aromatic amines is 1. The molecule has 1 aliphatic rings. The van der Waals surface area contributed by atoms with Crippen molar-refractivity contribution in [2.45, 2.75) is 13.5 Å². The Labute approximate surface area is 137 Å². The second-order valence-corrected chi connectivity index (χ2v) is 8.24. The molecular weight excluding hydrogens is 318 g/mol. The minimum atomic E-state index is -3.32. The van der Waals surface area contributed by atoms with Crippen LogP contribution in [0.5, 0.6) is 0 Å². The van der Waals surface area contributed by atoms with E-state index in [1.165, 1.54) is 15.5 Å². The maximum atomic E-state index is 12.4. The Balaban J connectivity index is 2.19. The summed E-state index contributed by atoms with van der Waals surface area (Å²) in [6.07, 6.45) is 2.84. The largest absolute Gasteiger partial charge is 0.348 e. The van der Waals surface area contributed by atoms with Crippen molar-refractivity contribution in [3.8, 4) is 0 Å². The number of sulfonamides is 1. The summed E-state index contributed by atoms with van der Waals surface area (Å²) in [7, 11) is 0.0685. The van der Waals surface area contributed by atoms with Crippen LogP contribution in [0.2, 0.25) is 0 Å². The smallest absolute Gasteiger partial charge is 0.227 e. The van der Waals surface area contributed by atoms with Gasteiger partial charge < -0.3 is 9.88 Å². The normalized spacial score (nSPS) is 21.1. The summed E-state index contributed by atoms with van der Waals surface area (Å²) in [6.45, 7) is 4.27. The predicted octanol–water partition coefficient (Wildman–Crippen LogP) is -0.500. The maximum absolute atomic E-state index is 12.4. The third-order valence-electron chi connectivity index (χ3n) is 4.13. The Morgan fingerprint density at radius 1 is 1.39 bits per heavy atom. The molecule has 1 N–H and O–H groups in total. The van der Waals surface area contributed by atoms with Gasteiger partial charge in [-0.1, -0.05) is 0 Å². The second kappa shape index (κ2) is 6.98. The number of H-pyrrole nitrogens is 1. The van der Waals surface area contributed by atoms with Crippen LogP contribution in [0.15, 0.2) is 6.33 Å². The molecule has 23 heavy (non-hydrogen) atoms. The lowest BCUT2D eigenvalue weighted by Crippen LogP contribution is -2.41. The van der Waals surface area contributed by atoms with Crippen molar-refractivity contribution in [2.75, 3.05) is 46.5 Å². The number of rotatable bonds is 4. The lowest BCUT2D eigenvalue weighted by Gasteiger charge is -2.25. The average Bonchev–Trinajstić information content (AvgIpc) is 2.73. The monoisotopic (exact) mass is 343 g/mol. The van der Waals surface area contributed by atoms with Gasteiger partial charge in [-0.15, -0.1) is 0 Å². The molecule has 0 bridgehead atoms. The van der Waals surface area contributed by atoms with Crippen molar-refractivity contribution in [1.29, 1.82) is 0 Å². The van der Waals surface area contributed by atoms with E-state index in [2.05, 4.69) is 14.9 Å². The van der Waals surface area contributed by atoms with E-state index in [1.54, 1.807) is 20.4 Å². The van der Waals surface area contributed by atoms with Gasteiger partial charge in [0.2, 0.25) is 15.9 Å². The number of imidazole rings is 1. The third-order valence-corrected chi connectivity index (χ3v) is 5.40. The first-order valence-corrected chi connectivity index (χ1v) is 9.40. The summed E-state index contributed by atoms with van der Waals surface area (Å²) in [5.41, 5.74) is 1.92. The molecule has 1 fully saturated rings. The third kappa shape index (κ3) is 4.52. The van der Waals surface area contributed by atoms with Gasteiger partial charge in [-0.05, 0) is 6.92 Å². The van der Waals surface area contributed by atoms with Crippen LogP contribution in [0, 0.1) is 12.8 Å². The second-order valence-electron chi connectivity index (χ2n) is 6.26. The fourth-order valence-electron chi connectivity index (χ4n) is 2.78. The maximum Gasteiger partial charge on any atom is 0.227 e. The number of hydrogen-bond donors (Lipinski definition) is 1. The number of nitrogens with one attached hydrogen (secondary N) is 1. The molecule has 1 aliphatic heterocycles. The Morgan fingerprint density at radius 3 is 2.61 bits per heavy atom. The highest BCUT2D eigenvalue weighted by molar-refractivity contribution is 7.88. The van der Waals surface area contributed by atoms with Crippen molar-refractivity contribution < 1.29 is 13.2 Å². The van der Waals surface area contributed by atoms with E-state index in [9.17, 15) is 13.2 Å². The van der Waals surface area contributed by atoms with Crippen LogP contribution in [0.3, 0.4) is 0 Å². The number of nitrogens with zero attached hydrogens (tertiary/aromatic N) is 4. The summed E-state index contributed by atoms with van der Waals surface area (Å²) < 4.78 is 25.2. The Morgan fingerprint density at radius 2 is 2.09 bits per heavy atom. The summed E-state index contributed by atoms with van der Waals surface area (Å²) in [5, 5.41) is 0. The summed E-state index contributed by atoms with van der Waals surface area (Å²) in [6, 6.07) is 0. The SMILES string of the molecule is Cc1[nH]cnc1CN1CCN(S(C)(=O)=O)C[C@H](C(=O)N(C)C)C1. The lowest BCUT2D eigenvalue weighted by atomic mass is 10.1. The molecular formula is C14H25N5O3S. The van der Waals surface area contributed by atoms with Crippen molar-refractivity contribution in [3.05, 3.63) is 17.7 Å². The molecule has 0 saturated carbocycles. The zero-order valence-electron chi connectivity index (χ0n) is 14.1. The minimum Gasteiger partial charge on any atom is -0.348 e. The van der Waals surface area contributed by atoms with Gasteiger partial charge in [0, 0.05) is 52.5 Å². The van der Waals surface area contributed by atoms with Crippen molar-refractivity contribution in [2.24, 2.45) is 5.92 Å². The zero-order valence-corrected chi connectivity index (χ0v) is 14.9. The number of aryl methyl sites for hydroxylation is 1. The van der Waals surface area contributed by atoms with E-state index >= 15 is 0 Å². The van der Waals surface area contributed by atoms with Gasteiger partial charge in [-0.3, -0.25) is 9.69 Å². The van der Waals surface area contributed by atoms with Crippen LogP contribution in [0.1, 0.15) is 11.4 Å². The Hall–Kier alpha value is -1.45. The minimum absolute atomic E-state index is 0.0516. The quantitative estimate of drug-likeness (QED) is 0.796. The number of amides is 1. The van der Waals surface area contributed by atoms with Crippen molar-refractivity contribution in [3.63, 3.8) is 0 Å². The number of aromatic nitrogens is 2. The zero-order chi connectivity index (χ0) is 17.2. The van der Waals surface area contributed by atoms with E-state index < -0.39 is 10.0 Å². The molecule has 1 amide bonds. The van der Waals surface area contributed by atoms with Crippen LogP contribution < -0.4 is 0 Å². The van der Waals surface area contributed by atoms with E-state index in [4.69, 9.17) is 0 Å². The number of carbonyl (C=O) groups is 1. The fourth-order valence-corrected chi connectivity index (χ4v) is 3.64. The first-order valence-electron chi connectivity index (χ1n) is 7.56. The molecule has 0 radical (unpaired) electrons. The molecule has 2 heterocycles. The van der Waals surface area contributed by atoms with Gasteiger partial charge >= 0.3 is 0 Å². The Kier molecular flexibility index (Phi) is 5.43. The summed E-state index contributed by atoms with van der Waals surface area (Å²) in [5.74, 6) is -0.425. The molecule has 1 aromatic rings. The molecule has 1 saturated heterocycles. The molecule has 130 valence electrons. The number of carbonyl (C=O) groups excluding carboxylic acids is 1. The first-order chi connectivity index (χ1) is 10.7.